The van der Waals surface area contributed by atoms with Gasteiger partial charge in [-0.15, -0.1) is 5.10 Å². The number of nitrogens with one attached hydrogen (secondary N) is 1. The Morgan fingerprint density at radius 3 is 2.71 bits per heavy atom. The molecule has 0 aliphatic carbocycles. The van der Waals surface area contributed by atoms with Crippen molar-refractivity contribution in [1.82, 2.24) is 25.5 Å². The zero-order chi connectivity index (χ0) is 19.9. The smallest absolute Gasteiger partial charge is 0.230 e. The number of amides is 1. The number of carbonyl (C=O) groups is 1. The van der Waals surface area contributed by atoms with Crippen molar-refractivity contribution in [1.29, 1.82) is 0 Å². The number of benzene rings is 2. The summed E-state index contributed by atoms with van der Waals surface area (Å²) >= 11 is 7.31. The first-order valence-corrected chi connectivity index (χ1v) is 10.4. The highest BCUT2D eigenvalue weighted by Crippen LogP contribution is 2.20. The van der Waals surface area contributed by atoms with Gasteiger partial charge in [0.1, 0.15) is 0 Å². The molecular formula is C20H22ClN5OS. The second-order valence-corrected chi connectivity index (χ2v) is 8.02. The van der Waals surface area contributed by atoms with Gasteiger partial charge in [-0.3, -0.25) is 4.79 Å². The third-order valence-corrected chi connectivity index (χ3v) is 5.36. The molecule has 0 radical (unpaired) electrons. The number of halogens is 1. The summed E-state index contributed by atoms with van der Waals surface area (Å²) in [4.78, 5) is 12.1. The summed E-state index contributed by atoms with van der Waals surface area (Å²) in [5.41, 5.74) is 3.29. The molecule has 28 heavy (non-hydrogen) atoms. The summed E-state index contributed by atoms with van der Waals surface area (Å²) in [6.45, 7) is 4.95. The lowest BCUT2D eigenvalue weighted by atomic mass is 10.0. The Hall–Kier alpha value is -2.38. The molecule has 8 heteroatoms. The van der Waals surface area contributed by atoms with Gasteiger partial charge in [-0.1, -0.05) is 67.5 Å². The van der Waals surface area contributed by atoms with Crippen molar-refractivity contribution in [2.24, 2.45) is 0 Å². The molecule has 3 rings (SSSR count). The van der Waals surface area contributed by atoms with E-state index >= 15 is 0 Å². The summed E-state index contributed by atoms with van der Waals surface area (Å²) < 4.78 is 1.57. The molecule has 0 saturated carbocycles. The average molecular weight is 416 g/mol. The van der Waals surface area contributed by atoms with Crippen LogP contribution in [0, 0.1) is 0 Å². The summed E-state index contributed by atoms with van der Waals surface area (Å²) in [5, 5.41) is 15.7. The molecule has 0 fully saturated rings. The summed E-state index contributed by atoms with van der Waals surface area (Å²) in [6, 6.07) is 15.8. The molecule has 0 atom stereocenters. The number of nitrogens with zero attached hydrogens (tertiary/aromatic N) is 4. The highest BCUT2D eigenvalue weighted by molar-refractivity contribution is 7.99. The number of rotatable bonds is 8. The summed E-state index contributed by atoms with van der Waals surface area (Å²) in [7, 11) is 0. The molecule has 0 aliphatic heterocycles. The Kier molecular flexibility index (Phi) is 7.06. The van der Waals surface area contributed by atoms with Gasteiger partial charge < -0.3 is 5.32 Å². The number of tetrazole rings is 1. The molecule has 2 aromatic carbocycles. The van der Waals surface area contributed by atoms with Crippen molar-refractivity contribution in [3.05, 3.63) is 64.7 Å². The van der Waals surface area contributed by atoms with Gasteiger partial charge in [0, 0.05) is 11.6 Å². The third kappa shape index (κ3) is 5.56. The number of thioether (sulfide) groups is 1. The molecule has 1 amide bonds. The van der Waals surface area contributed by atoms with Crippen LogP contribution in [-0.4, -0.2) is 38.4 Å². The van der Waals surface area contributed by atoms with E-state index in [0.717, 1.165) is 12.1 Å². The predicted molar refractivity (Wildman–Crippen MR) is 112 cm³/mol. The molecule has 0 bridgehead atoms. The van der Waals surface area contributed by atoms with Gasteiger partial charge >= 0.3 is 0 Å². The van der Waals surface area contributed by atoms with E-state index in [1.165, 1.54) is 22.9 Å². The maximum Gasteiger partial charge on any atom is 0.230 e. The molecular weight excluding hydrogens is 394 g/mol. The maximum absolute atomic E-state index is 12.1. The first-order valence-electron chi connectivity index (χ1n) is 9.05. The van der Waals surface area contributed by atoms with Crippen molar-refractivity contribution in [3.8, 4) is 5.69 Å². The number of aromatic nitrogens is 4. The van der Waals surface area contributed by atoms with Gasteiger partial charge in [0.25, 0.3) is 0 Å². The molecule has 3 aromatic rings. The van der Waals surface area contributed by atoms with Gasteiger partial charge in [0.2, 0.25) is 11.1 Å². The SMILES string of the molecule is CC(C)c1ccc(CCNC(=O)CSc2nnnn2-c2cccc(Cl)c2)cc1. The third-order valence-electron chi connectivity index (χ3n) is 4.21. The van der Waals surface area contributed by atoms with Crippen LogP contribution >= 0.6 is 23.4 Å². The van der Waals surface area contributed by atoms with Crippen LogP contribution in [0.1, 0.15) is 30.9 Å². The molecule has 146 valence electrons. The van der Waals surface area contributed by atoms with Crippen LogP contribution in [-0.2, 0) is 11.2 Å². The standard InChI is InChI=1S/C20H22ClN5OS/c1-14(2)16-8-6-15(7-9-16)10-11-22-19(27)13-28-20-23-24-25-26(20)18-5-3-4-17(21)12-18/h3-9,12,14H,10-11,13H2,1-2H3,(H,22,27). The summed E-state index contributed by atoms with van der Waals surface area (Å²) in [5.74, 6) is 0.714. The van der Waals surface area contributed by atoms with Crippen LogP contribution in [0.3, 0.4) is 0 Å². The minimum absolute atomic E-state index is 0.0514. The first kappa shape index (κ1) is 20.4. The van der Waals surface area contributed by atoms with E-state index in [1.54, 1.807) is 16.8 Å². The monoisotopic (exact) mass is 415 g/mol. The van der Waals surface area contributed by atoms with Crippen LogP contribution in [0.4, 0.5) is 0 Å². The number of carbonyl (C=O) groups excluding carboxylic acids is 1. The van der Waals surface area contributed by atoms with E-state index < -0.39 is 0 Å². The van der Waals surface area contributed by atoms with Gasteiger partial charge in [0.15, 0.2) is 0 Å². The molecule has 6 nitrogen and oxygen atoms in total. The quantitative estimate of drug-likeness (QED) is 0.565. The van der Waals surface area contributed by atoms with Crippen molar-refractivity contribution in [3.63, 3.8) is 0 Å². The average Bonchev–Trinajstić information content (AvgIpc) is 3.15. The lowest BCUT2D eigenvalue weighted by molar-refractivity contribution is -0.118. The highest BCUT2D eigenvalue weighted by atomic mass is 35.5. The first-order chi connectivity index (χ1) is 13.5. The fourth-order valence-corrected chi connectivity index (χ4v) is 3.54. The zero-order valence-corrected chi connectivity index (χ0v) is 17.4. The predicted octanol–water partition coefficient (Wildman–Crippen LogP) is 3.89. The van der Waals surface area contributed by atoms with Gasteiger partial charge in [-0.2, -0.15) is 4.68 Å². The molecule has 1 N–H and O–H groups in total. The Morgan fingerprint density at radius 1 is 1.21 bits per heavy atom. The van der Waals surface area contributed by atoms with Crippen molar-refractivity contribution >= 4 is 29.3 Å². The van der Waals surface area contributed by atoms with E-state index in [9.17, 15) is 4.79 Å². The number of hydrogen-bond donors (Lipinski definition) is 1. The lowest BCUT2D eigenvalue weighted by Gasteiger charge is -2.08. The Balaban J connectivity index is 1.47. The van der Waals surface area contributed by atoms with Crippen LogP contribution in [0.15, 0.2) is 53.7 Å². The van der Waals surface area contributed by atoms with E-state index in [1.807, 2.05) is 12.1 Å². The maximum atomic E-state index is 12.1. The molecule has 0 aliphatic rings. The topological polar surface area (TPSA) is 72.7 Å². The molecule has 0 unspecified atom stereocenters. The van der Waals surface area contributed by atoms with Crippen molar-refractivity contribution < 1.29 is 4.79 Å². The zero-order valence-electron chi connectivity index (χ0n) is 15.8. The van der Waals surface area contributed by atoms with Crippen molar-refractivity contribution in [2.75, 3.05) is 12.3 Å². The van der Waals surface area contributed by atoms with E-state index in [2.05, 4.69) is 59.0 Å². The fraction of sp³-hybridized carbons (Fsp3) is 0.300. The summed E-state index contributed by atoms with van der Waals surface area (Å²) in [6.07, 6.45) is 0.801. The van der Waals surface area contributed by atoms with Gasteiger partial charge in [-0.05, 0) is 52.1 Å². The number of hydrogen-bond acceptors (Lipinski definition) is 5. The second-order valence-electron chi connectivity index (χ2n) is 6.64. The minimum atomic E-state index is -0.0514. The fourth-order valence-electron chi connectivity index (χ4n) is 2.64. The van der Waals surface area contributed by atoms with Crippen molar-refractivity contribution in [2.45, 2.75) is 31.3 Å². The Bertz CT molecular complexity index is 926. The van der Waals surface area contributed by atoms with E-state index in [0.29, 0.717) is 22.6 Å². The van der Waals surface area contributed by atoms with Crippen LogP contribution in [0.5, 0.6) is 0 Å². The van der Waals surface area contributed by atoms with Gasteiger partial charge in [-0.25, -0.2) is 0 Å². The van der Waals surface area contributed by atoms with Crippen LogP contribution < -0.4 is 5.32 Å². The van der Waals surface area contributed by atoms with E-state index in [4.69, 9.17) is 11.6 Å². The normalized spacial score (nSPS) is 11.0. The Morgan fingerprint density at radius 2 is 2.00 bits per heavy atom. The molecule has 0 spiro atoms. The highest BCUT2D eigenvalue weighted by Gasteiger charge is 2.11. The second kappa shape index (κ2) is 9.71. The van der Waals surface area contributed by atoms with Gasteiger partial charge in [0.05, 0.1) is 11.4 Å². The molecule has 1 heterocycles. The van der Waals surface area contributed by atoms with Crippen LogP contribution in [0.25, 0.3) is 5.69 Å². The minimum Gasteiger partial charge on any atom is -0.355 e. The lowest BCUT2D eigenvalue weighted by Crippen LogP contribution is -2.27. The van der Waals surface area contributed by atoms with Crippen LogP contribution in [0.2, 0.25) is 5.02 Å². The Labute approximate surface area is 173 Å². The molecule has 1 aromatic heterocycles. The largest absolute Gasteiger partial charge is 0.355 e. The van der Waals surface area contributed by atoms with E-state index in [-0.39, 0.29) is 11.7 Å². The molecule has 0 saturated heterocycles.